The Kier molecular flexibility index (Phi) is 10.9. The van der Waals surface area contributed by atoms with Gasteiger partial charge in [0.2, 0.25) is 11.8 Å². The standard InChI is InChI=1S/C30H37BrN4O4S/c1-6-32-30(37)28(19-24-10-8-7-9-11-24)34(20-25-14-16-26(31)17-15-25)29(36)21-35(40(38,39)33(4)5)27-18-22(2)12-13-23(27)3/h7-18,28H,6,19-21H2,1-5H3,(H,32,37)/t28-/m0/s1. The summed E-state index contributed by atoms with van der Waals surface area (Å²) in [6.07, 6.45) is 0.277. The molecule has 1 atom stereocenters. The van der Waals surface area contributed by atoms with Crippen molar-refractivity contribution in [1.29, 1.82) is 0 Å². The minimum absolute atomic E-state index is 0.128. The molecule has 0 bridgehead atoms. The summed E-state index contributed by atoms with van der Waals surface area (Å²) in [5.74, 6) is -0.785. The van der Waals surface area contributed by atoms with E-state index in [0.29, 0.717) is 17.8 Å². The normalized spacial score (nSPS) is 12.2. The molecule has 0 unspecified atom stereocenters. The average Bonchev–Trinajstić information content (AvgIpc) is 2.92. The Bertz CT molecular complexity index is 1410. The van der Waals surface area contributed by atoms with Crippen LogP contribution in [-0.4, -0.2) is 62.7 Å². The first-order valence-corrected chi connectivity index (χ1v) is 15.3. The van der Waals surface area contributed by atoms with Crippen molar-refractivity contribution in [2.45, 2.75) is 39.8 Å². The van der Waals surface area contributed by atoms with Crippen LogP contribution in [0.4, 0.5) is 5.69 Å². The maximum Gasteiger partial charge on any atom is 0.304 e. The number of halogens is 1. The molecule has 0 aliphatic heterocycles. The molecule has 8 nitrogen and oxygen atoms in total. The van der Waals surface area contributed by atoms with Gasteiger partial charge in [0.05, 0.1) is 5.69 Å². The van der Waals surface area contributed by atoms with Crippen molar-refractivity contribution < 1.29 is 18.0 Å². The van der Waals surface area contributed by atoms with Crippen LogP contribution in [0.25, 0.3) is 0 Å². The lowest BCUT2D eigenvalue weighted by atomic mass is 10.0. The molecule has 0 aromatic heterocycles. The highest BCUT2D eigenvalue weighted by Crippen LogP contribution is 2.26. The van der Waals surface area contributed by atoms with E-state index in [1.165, 1.54) is 19.0 Å². The molecule has 1 N–H and O–H groups in total. The molecule has 0 aliphatic carbocycles. The Labute approximate surface area is 246 Å². The van der Waals surface area contributed by atoms with Crippen molar-refractivity contribution >= 4 is 43.6 Å². The van der Waals surface area contributed by atoms with Crippen LogP contribution in [0.3, 0.4) is 0 Å². The van der Waals surface area contributed by atoms with Crippen molar-refractivity contribution in [1.82, 2.24) is 14.5 Å². The number of nitrogens with zero attached hydrogens (tertiary/aromatic N) is 3. The Balaban J connectivity index is 2.11. The van der Waals surface area contributed by atoms with E-state index in [1.807, 2.05) is 87.5 Å². The van der Waals surface area contributed by atoms with E-state index in [1.54, 1.807) is 6.07 Å². The van der Waals surface area contributed by atoms with E-state index < -0.39 is 28.7 Å². The third-order valence-electron chi connectivity index (χ3n) is 6.54. The Morgan fingerprint density at radius 3 is 2.17 bits per heavy atom. The number of carbonyl (C=O) groups is 2. The summed E-state index contributed by atoms with van der Waals surface area (Å²) < 4.78 is 30.2. The van der Waals surface area contributed by atoms with Gasteiger partial charge in [0.25, 0.3) is 0 Å². The molecular formula is C30H37BrN4O4S. The number of carbonyl (C=O) groups excluding carboxylic acids is 2. The van der Waals surface area contributed by atoms with Crippen LogP contribution in [0.5, 0.6) is 0 Å². The Hall–Kier alpha value is -3.21. The van der Waals surface area contributed by atoms with E-state index in [0.717, 1.165) is 29.8 Å². The van der Waals surface area contributed by atoms with Crippen molar-refractivity contribution in [3.63, 3.8) is 0 Å². The summed E-state index contributed by atoms with van der Waals surface area (Å²) in [6, 6.07) is 21.6. The maximum absolute atomic E-state index is 14.2. The first-order chi connectivity index (χ1) is 18.9. The number of nitrogens with one attached hydrogen (secondary N) is 1. The van der Waals surface area contributed by atoms with Gasteiger partial charge in [0.1, 0.15) is 12.6 Å². The molecule has 40 heavy (non-hydrogen) atoms. The number of anilines is 1. The number of benzene rings is 3. The second-order valence-electron chi connectivity index (χ2n) is 9.83. The summed E-state index contributed by atoms with van der Waals surface area (Å²) in [6.45, 7) is 5.56. The van der Waals surface area contributed by atoms with Crippen molar-refractivity contribution in [3.8, 4) is 0 Å². The lowest BCUT2D eigenvalue weighted by molar-refractivity contribution is -0.140. The van der Waals surface area contributed by atoms with E-state index >= 15 is 0 Å². The highest BCUT2D eigenvalue weighted by Gasteiger charge is 2.35. The second-order valence-corrected chi connectivity index (χ2v) is 12.8. The van der Waals surface area contributed by atoms with Gasteiger partial charge >= 0.3 is 10.2 Å². The van der Waals surface area contributed by atoms with Crippen LogP contribution in [0.2, 0.25) is 0 Å². The molecule has 3 aromatic rings. The van der Waals surface area contributed by atoms with Crippen molar-refractivity contribution in [2.24, 2.45) is 0 Å². The SMILES string of the molecule is CCNC(=O)[C@H](Cc1ccccc1)N(Cc1ccc(Br)cc1)C(=O)CN(c1cc(C)ccc1C)S(=O)(=O)N(C)C. The second kappa shape index (κ2) is 13.9. The fourth-order valence-corrected chi connectivity index (χ4v) is 5.70. The summed E-state index contributed by atoms with van der Waals surface area (Å²) in [4.78, 5) is 29.2. The summed E-state index contributed by atoms with van der Waals surface area (Å²) in [7, 11) is -1.17. The minimum Gasteiger partial charge on any atom is -0.355 e. The Morgan fingerprint density at radius 1 is 0.925 bits per heavy atom. The fraction of sp³-hybridized carbons (Fsp3) is 0.333. The monoisotopic (exact) mass is 628 g/mol. The zero-order chi connectivity index (χ0) is 29.4. The van der Waals surface area contributed by atoms with E-state index in [-0.39, 0.29) is 18.9 Å². The number of hydrogen-bond donors (Lipinski definition) is 1. The zero-order valence-electron chi connectivity index (χ0n) is 23.6. The van der Waals surface area contributed by atoms with Gasteiger partial charge in [0.15, 0.2) is 0 Å². The van der Waals surface area contributed by atoms with Gasteiger partial charge in [0, 0.05) is 38.1 Å². The van der Waals surface area contributed by atoms with Crippen LogP contribution in [0.1, 0.15) is 29.2 Å². The van der Waals surface area contributed by atoms with Gasteiger partial charge in [-0.15, -0.1) is 0 Å². The zero-order valence-corrected chi connectivity index (χ0v) is 26.0. The van der Waals surface area contributed by atoms with Crippen molar-refractivity contribution in [3.05, 3.63) is 99.5 Å². The smallest absolute Gasteiger partial charge is 0.304 e. The largest absolute Gasteiger partial charge is 0.355 e. The first kappa shape index (κ1) is 31.3. The number of rotatable bonds is 12. The first-order valence-electron chi connectivity index (χ1n) is 13.1. The lowest BCUT2D eigenvalue weighted by Gasteiger charge is -2.34. The van der Waals surface area contributed by atoms with Crippen molar-refractivity contribution in [2.75, 3.05) is 31.5 Å². The van der Waals surface area contributed by atoms with E-state index in [4.69, 9.17) is 0 Å². The minimum atomic E-state index is -4.04. The molecule has 214 valence electrons. The predicted octanol–water partition coefficient (Wildman–Crippen LogP) is 4.45. The summed E-state index contributed by atoms with van der Waals surface area (Å²) in [5.41, 5.74) is 3.70. The molecule has 3 aromatic carbocycles. The summed E-state index contributed by atoms with van der Waals surface area (Å²) >= 11 is 3.44. The molecule has 0 spiro atoms. The fourth-order valence-electron chi connectivity index (χ4n) is 4.32. The van der Waals surface area contributed by atoms with Gasteiger partial charge < -0.3 is 10.2 Å². The van der Waals surface area contributed by atoms with E-state index in [9.17, 15) is 18.0 Å². The summed E-state index contributed by atoms with van der Waals surface area (Å²) in [5, 5.41) is 2.87. The highest BCUT2D eigenvalue weighted by molar-refractivity contribution is 9.10. The van der Waals surface area contributed by atoms with Crippen LogP contribution < -0.4 is 9.62 Å². The molecule has 0 radical (unpaired) electrons. The molecule has 0 saturated carbocycles. The van der Waals surface area contributed by atoms with Gasteiger partial charge in [-0.2, -0.15) is 12.7 Å². The third kappa shape index (κ3) is 7.93. The van der Waals surface area contributed by atoms with Gasteiger partial charge in [-0.3, -0.25) is 9.59 Å². The van der Waals surface area contributed by atoms with Crippen LogP contribution in [0, 0.1) is 13.8 Å². The molecule has 0 fully saturated rings. The van der Waals surface area contributed by atoms with Crippen LogP contribution in [-0.2, 0) is 32.8 Å². The van der Waals surface area contributed by atoms with Gasteiger partial charge in [-0.05, 0) is 61.2 Å². The third-order valence-corrected chi connectivity index (χ3v) is 8.87. The number of amides is 2. The van der Waals surface area contributed by atoms with Crippen LogP contribution in [0.15, 0.2) is 77.3 Å². The van der Waals surface area contributed by atoms with E-state index in [2.05, 4.69) is 21.2 Å². The molecule has 0 saturated heterocycles. The molecule has 0 aliphatic rings. The van der Waals surface area contributed by atoms with Crippen LogP contribution >= 0.6 is 15.9 Å². The molecular weight excluding hydrogens is 592 g/mol. The maximum atomic E-state index is 14.2. The molecule has 2 amide bonds. The number of likely N-dealkylation sites (N-methyl/N-ethyl adjacent to an activating group) is 1. The van der Waals surface area contributed by atoms with Gasteiger partial charge in [-0.25, -0.2) is 4.31 Å². The number of hydrogen-bond acceptors (Lipinski definition) is 4. The molecule has 3 rings (SSSR count). The molecule has 0 heterocycles. The molecule has 10 heteroatoms. The number of aryl methyl sites for hydroxylation is 2. The topological polar surface area (TPSA) is 90.0 Å². The van der Waals surface area contributed by atoms with Gasteiger partial charge in [-0.1, -0.05) is 70.5 Å². The highest BCUT2D eigenvalue weighted by atomic mass is 79.9. The lowest BCUT2D eigenvalue weighted by Crippen LogP contribution is -2.54. The average molecular weight is 630 g/mol. The predicted molar refractivity (Wildman–Crippen MR) is 163 cm³/mol. The Morgan fingerprint density at radius 2 is 1.57 bits per heavy atom. The quantitative estimate of drug-likeness (QED) is 0.321.